The summed E-state index contributed by atoms with van der Waals surface area (Å²) in [4.78, 5) is 7.78. The summed E-state index contributed by atoms with van der Waals surface area (Å²) in [6.45, 7) is 0. The molecule has 26 heavy (non-hydrogen) atoms. The van der Waals surface area contributed by atoms with Crippen molar-refractivity contribution in [1.29, 1.82) is 0 Å². The second-order valence-electron chi connectivity index (χ2n) is 5.47. The molecule has 0 radical (unpaired) electrons. The summed E-state index contributed by atoms with van der Waals surface area (Å²) < 4.78 is 103. The van der Waals surface area contributed by atoms with E-state index >= 15 is 0 Å². The maximum atomic E-state index is 13.5. The van der Waals surface area contributed by atoms with Gasteiger partial charge in [0.05, 0.1) is 0 Å². The number of halogens is 8. The van der Waals surface area contributed by atoms with E-state index in [0.717, 1.165) is 0 Å². The first kappa shape index (κ1) is 19.9. The van der Waals surface area contributed by atoms with Gasteiger partial charge < -0.3 is 4.90 Å². The number of aromatic nitrogens is 2. The van der Waals surface area contributed by atoms with Crippen molar-refractivity contribution in [2.45, 2.75) is 18.3 Å². The standard InChI is InChI=1S/C15H11F8N3/c1-26(2)9-5-3-8(4-6-9)12-24-10(13(16,17)15(21,22)23)7-11(25-12)14(18,19)20/h3-7H,1-2H3. The monoisotopic (exact) mass is 385 g/mol. The van der Waals surface area contributed by atoms with Gasteiger partial charge in [0, 0.05) is 25.3 Å². The number of alkyl halides is 8. The van der Waals surface area contributed by atoms with E-state index in [2.05, 4.69) is 9.97 Å². The maximum Gasteiger partial charge on any atom is 0.459 e. The van der Waals surface area contributed by atoms with Gasteiger partial charge in [-0.15, -0.1) is 0 Å². The summed E-state index contributed by atoms with van der Waals surface area (Å²) in [5.41, 5.74) is -3.47. The number of rotatable bonds is 3. The van der Waals surface area contributed by atoms with Gasteiger partial charge in [0.2, 0.25) is 0 Å². The molecule has 0 saturated heterocycles. The van der Waals surface area contributed by atoms with Crippen LogP contribution in [0.4, 0.5) is 40.8 Å². The highest BCUT2D eigenvalue weighted by Gasteiger charge is 2.60. The van der Waals surface area contributed by atoms with Crippen molar-refractivity contribution >= 4 is 5.69 Å². The van der Waals surface area contributed by atoms with Crippen LogP contribution in [0.2, 0.25) is 0 Å². The molecule has 0 fully saturated rings. The van der Waals surface area contributed by atoms with Crippen LogP contribution in [0.5, 0.6) is 0 Å². The zero-order chi connectivity index (χ0) is 19.9. The Hall–Kier alpha value is -2.46. The maximum absolute atomic E-state index is 13.5. The Balaban J connectivity index is 2.65. The largest absolute Gasteiger partial charge is 0.459 e. The van der Waals surface area contributed by atoms with E-state index in [1.54, 1.807) is 19.0 Å². The Kier molecular flexibility index (Phi) is 4.86. The Morgan fingerprint density at radius 1 is 0.769 bits per heavy atom. The van der Waals surface area contributed by atoms with Gasteiger partial charge >= 0.3 is 18.3 Å². The van der Waals surface area contributed by atoms with Crippen LogP contribution in [0.1, 0.15) is 11.4 Å². The molecule has 0 amide bonds. The minimum absolute atomic E-state index is 0.138. The van der Waals surface area contributed by atoms with Crippen molar-refractivity contribution < 1.29 is 35.1 Å². The fourth-order valence-corrected chi connectivity index (χ4v) is 1.94. The van der Waals surface area contributed by atoms with Crippen molar-refractivity contribution in [3.8, 4) is 11.4 Å². The molecule has 1 heterocycles. The van der Waals surface area contributed by atoms with Crippen molar-refractivity contribution in [1.82, 2.24) is 9.97 Å². The van der Waals surface area contributed by atoms with Crippen molar-refractivity contribution in [3.63, 3.8) is 0 Å². The van der Waals surface area contributed by atoms with Crippen molar-refractivity contribution in [2.75, 3.05) is 19.0 Å². The van der Waals surface area contributed by atoms with Crippen LogP contribution in [0.15, 0.2) is 30.3 Å². The topological polar surface area (TPSA) is 29.0 Å². The molecule has 2 aromatic rings. The molecule has 0 aliphatic carbocycles. The van der Waals surface area contributed by atoms with E-state index in [1.807, 2.05) is 0 Å². The molecular formula is C15H11F8N3. The van der Waals surface area contributed by atoms with Crippen LogP contribution in [-0.4, -0.2) is 30.2 Å². The highest BCUT2D eigenvalue weighted by Crippen LogP contribution is 2.44. The molecule has 1 aromatic carbocycles. The summed E-state index contributed by atoms with van der Waals surface area (Å²) in [7, 11) is 3.36. The lowest BCUT2D eigenvalue weighted by atomic mass is 10.1. The quantitative estimate of drug-likeness (QED) is 0.705. The molecule has 0 saturated carbocycles. The Bertz CT molecular complexity index is 779. The smallest absolute Gasteiger partial charge is 0.378 e. The SMILES string of the molecule is CN(C)c1ccc(-c2nc(C(F)(F)F)cc(C(F)(F)C(F)(F)F)n2)cc1. The second-order valence-corrected chi connectivity index (χ2v) is 5.47. The van der Waals surface area contributed by atoms with E-state index in [9.17, 15) is 35.1 Å². The van der Waals surface area contributed by atoms with Crippen LogP contribution in [0.3, 0.4) is 0 Å². The minimum atomic E-state index is -6.10. The lowest BCUT2D eigenvalue weighted by molar-refractivity contribution is -0.291. The first-order chi connectivity index (χ1) is 11.7. The van der Waals surface area contributed by atoms with Gasteiger partial charge in [0.15, 0.2) is 5.82 Å². The second kappa shape index (κ2) is 6.36. The molecule has 142 valence electrons. The minimum Gasteiger partial charge on any atom is -0.378 e. The van der Waals surface area contributed by atoms with Gasteiger partial charge in [0.25, 0.3) is 0 Å². The van der Waals surface area contributed by atoms with E-state index < -0.39 is 41.6 Å². The third-order valence-corrected chi connectivity index (χ3v) is 3.34. The summed E-state index contributed by atoms with van der Waals surface area (Å²) in [6.07, 6.45) is -11.3. The normalized spacial score (nSPS) is 13.0. The summed E-state index contributed by atoms with van der Waals surface area (Å²) >= 11 is 0. The molecular weight excluding hydrogens is 374 g/mol. The lowest BCUT2D eigenvalue weighted by Gasteiger charge is -2.20. The zero-order valence-electron chi connectivity index (χ0n) is 13.3. The van der Waals surface area contributed by atoms with Crippen LogP contribution in [-0.2, 0) is 12.1 Å². The zero-order valence-corrected chi connectivity index (χ0v) is 13.3. The summed E-state index contributed by atoms with van der Waals surface area (Å²) in [6, 6.07) is 4.91. The molecule has 0 aliphatic rings. The van der Waals surface area contributed by atoms with Gasteiger partial charge in [-0.25, -0.2) is 9.97 Å². The van der Waals surface area contributed by atoms with Crippen molar-refractivity contribution in [3.05, 3.63) is 41.7 Å². The molecule has 1 aromatic heterocycles. The average Bonchev–Trinajstić information content (AvgIpc) is 2.52. The Morgan fingerprint density at radius 3 is 1.69 bits per heavy atom. The van der Waals surface area contributed by atoms with Gasteiger partial charge in [0.1, 0.15) is 11.4 Å². The number of anilines is 1. The van der Waals surface area contributed by atoms with E-state index in [0.29, 0.717) is 5.69 Å². The Morgan fingerprint density at radius 2 is 1.27 bits per heavy atom. The number of hydrogen-bond acceptors (Lipinski definition) is 3. The Labute approximate surface area is 142 Å². The van der Waals surface area contributed by atoms with Crippen LogP contribution < -0.4 is 4.90 Å². The number of hydrogen-bond donors (Lipinski definition) is 0. The van der Waals surface area contributed by atoms with E-state index in [1.165, 1.54) is 24.3 Å². The predicted molar refractivity (Wildman–Crippen MR) is 76.7 cm³/mol. The third kappa shape index (κ3) is 3.86. The van der Waals surface area contributed by atoms with Crippen LogP contribution >= 0.6 is 0 Å². The van der Waals surface area contributed by atoms with Gasteiger partial charge in [-0.2, -0.15) is 35.1 Å². The van der Waals surface area contributed by atoms with Crippen molar-refractivity contribution in [2.24, 2.45) is 0 Å². The van der Waals surface area contributed by atoms with Gasteiger partial charge in [-0.3, -0.25) is 0 Å². The van der Waals surface area contributed by atoms with E-state index in [4.69, 9.17) is 0 Å². The average molecular weight is 385 g/mol. The summed E-state index contributed by atoms with van der Waals surface area (Å²) in [5.74, 6) is -6.45. The fourth-order valence-electron chi connectivity index (χ4n) is 1.94. The first-order valence-corrected chi connectivity index (χ1v) is 6.92. The summed E-state index contributed by atoms with van der Waals surface area (Å²) in [5, 5.41) is 0. The lowest BCUT2D eigenvalue weighted by Crippen LogP contribution is -2.35. The van der Waals surface area contributed by atoms with Crippen LogP contribution in [0.25, 0.3) is 11.4 Å². The first-order valence-electron chi connectivity index (χ1n) is 6.92. The molecule has 11 heteroatoms. The fraction of sp³-hybridized carbons (Fsp3) is 0.333. The molecule has 2 rings (SSSR count). The highest BCUT2D eigenvalue weighted by atomic mass is 19.4. The molecule has 0 spiro atoms. The molecule has 0 N–H and O–H groups in total. The van der Waals surface area contributed by atoms with E-state index in [-0.39, 0.29) is 5.56 Å². The molecule has 0 bridgehead atoms. The molecule has 0 atom stereocenters. The van der Waals surface area contributed by atoms with Gasteiger partial charge in [-0.1, -0.05) is 0 Å². The molecule has 0 aliphatic heterocycles. The molecule has 0 unspecified atom stereocenters. The number of benzene rings is 1. The predicted octanol–water partition coefficient (Wildman–Crippen LogP) is 4.88. The van der Waals surface area contributed by atoms with Crippen LogP contribution in [0, 0.1) is 0 Å². The third-order valence-electron chi connectivity index (χ3n) is 3.34. The molecule has 3 nitrogen and oxygen atoms in total. The number of nitrogens with zero attached hydrogens (tertiary/aromatic N) is 3. The highest BCUT2D eigenvalue weighted by molar-refractivity contribution is 5.60. The van der Waals surface area contributed by atoms with Gasteiger partial charge in [-0.05, 0) is 30.3 Å².